The monoisotopic (exact) mass is 230 g/mol. The third kappa shape index (κ3) is 1.80. The number of rotatable bonds is 2. The van der Waals surface area contributed by atoms with E-state index in [1.807, 2.05) is 6.92 Å². The summed E-state index contributed by atoms with van der Waals surface area (Å²) in [6.07, 6.45) is 5.14. The lowest BCUT2D eigenvalue weighted by Gasteiger charge is -2.18. The van der Waals surface area contributed by atoms with E-state index in [1.54, 1.807) is 11.3 Å². The Morgan fingerprint density at radius 3 is 2.50 bits per heavy atom. The van der Waals surface area contributed by atoms with Gasteiger partial charge >= 0.3 is 0 Å². The molecule has 14 heavy (non-hydrogen) atoms. The van der Waals surface area contributed by atoms with Crippen molar-refractivity contribution in [2.24, 2.45) is 0 Å². The van der Waals surface area contributed by atoms with E-state index in [-0.39, 0.29) is 10.8 Å². The van der Waals surface area contributed by atoms with Gasteiger partial charge in [-0.2, -0.15) is 0 Å². The molecule has 4 heteroatoms. The van der Waals surface area contributed by atoms with Gasteiger partial charge in [-0.3, -0.25) is 0 Å². The second-order valence-corrected chi connectivity index (χ2v) is 5.99. The normalized spacial score (nSPS) is 22.5. The number of hydrogen-bond acceptors (Lipinski definition) is 3. The largest absolute Gasteiger partial charge is 0.143 e. The highest BCUT2D eigenvalue weighted by molar-refractivity contribution is 7.11. The average molecular weight is 231 g/mol. The van der Waals surface area contributed by atoms with Gasteiger partial charge in [0.05, 0.1) is 5.38 Å². The SMILES string of the molecule is CC(Cl)c1nnc(C2(C)CCCC2)s1. The first-order chi connectivity index (χ1) is 6.62. The van der Waals surface area contributed by atoms with Gasteiger partial charge in [0.15, 0.2) is 0 Å². The molecule has 0 N–H and O–H groups in total. The Hall–Kier alpha value is -0.150. The molecule has 78 valence electrons. The van der Waals surface area contributed by atoms with Crippen molar-refractivity contribution in [3.8, 4) is 0 Å². The summed E-state index contributed by atoms with van der Waals surface area (Å²) in [5.41, 5.74) is 0.279. The zero-order valence-corrected chi connectivity index (χ0v) is 10.2. The maximum absolute atomic E-state index is 5.98. The molecule has 1 aromatic heterocycles. The van der Waals surface area contributed by atoms with Crippen LogP contribution in [0, 0.1) is 0 Å². The Kier molecular flexibility index (Phi) is 2.80. The van der Waals surface area contributed by atoms with Crippen molar-refractivity contribution in [3.63, 3.8) is 0 Å². The van der Waals surface area contributed by atoms with E-state index in [1.165, 1.54) is 30.7 Å². The summed E-state index contributed by atoms with van der Waals surface area (Å²) in [6.45, 7) is 4.24. The molecule has 0 aliphatic heterocycles. The van der Waals surface area contributed by atoms with E-state index in [2.05, 4.69) is 17.1 Å². The van der Waals surface area contributed by atoms with Gasteiger partial charge in [0.25, 0.3) is 0 Å². The first-order valence-electron chi connectivity index (χ1n) is 5.10. The van der Waals surface area contributed by atoms with Gasteiger partial charge in [0.1, 0.15) is 10.0 Å². The zero-order valence-electron chi connectivity index (χ0n) is 8.59. The zero-order chi connectivity index (χ0) is 10.2. The van der Waals surface area contributed by atoms with Gasteiger partial charge < -0.3 is 0 Å². The molecule has 1 aromatic rings. The molecule has 1 aliphatic carbocycles. The molecular formula is C10H15ClN2S. The fourth-order valence-corrected chi connectivity index (χ4v) is 3.16. The highest BCUT2D eigenvalue weighted by Gasteiger charge is 2.34. The maximum Gasteiger partial charge on any atom is 0.135 e. The molecule has 0 radical (unpaired) electrons. The van der Waals surface area contributed by atoms with Gasteiger partial charge in [-0.15, -0.1) is 21.8 Å². The second-order valence-electron chi connectivity index (χ2n) is 4.33. The minimum Gasteiger partial charge on any atom is -0.143 e. The van der Waals surface area contributed by atoms with Crippen LogP contribution in [0.4, 0.5) is 0 Å². The molecule has 2 rings (SSSR count). The minimum absolute atomic E-state index is 0.00810. The fourth-order valence-electron chi connectivity index (χ4n) is 2.01. The summed E-state index contributed by atoms with van der Waals surface area (Å²) in [4.78, 5) is 0. The molecule has 1 heterocycles. The van der Waals surface area contributed by atoms with Crippen molar-refractivity contribution in [1.82, 2.24) is 10.2 Å². The Morgan fingerprint density at radius 1 is 1.36 bits per heavy atom. The summed E-state index contributed by atoms with van der Waals surface area (Å²) in [7, 11) is 0. The van der Waals surface area contributed by atoms with E-state index in [9.17, 15) is 0 Å². The van der Waals surface area contributed by atoms with Crippen LogP contribution in [0.25, 0.3) is 0 Å². The predicted molar refractivity (Wildman–Crippen MR) is 60.0 cm³/mol. The first kappa shape index (κ1) is 10.4. The molecule has 0 saturated heterocycles. The van der Waals surface area contributed by atoms with E-state index < -0.39 is 0 Å². The molecular weight excluding hydrogens is 216 g/mol. The van der Waals surface area contributed by atoms with Gasteiger partial charge in [-0.1, -0.05) is 31.1 Å². The van der Waals surface area contributed by atoms with E-state index in [0.29, 0.717) is 0 Å². The molecule has 2 nitrogen and oxygen atoms in total. The Labute approximate surface area is 93.7 Å². The predicted octanol–water partition coefficient (Wildman–Crippen LogP) is 3.67. The van der Waals surface area contributed by atoms with Crippen LogP contribution in [0.2, 0.25) is 0 Å². The summed E-state index contributed by atoms with van der Waals surface area (Å²) in [6, 6.07) is 0. The molecule has 0 aromatic carbocycles. The van der Waals surface area contributed by atoms with Crippen LogP contribution in [-0.4, -0.2) is 10.2 Å². The molecule has 0 bridgehead atoms. The molecule has 0 spiro atoms. The third-order valence-corrected chi connectivity index (χ3v) is 4.75. The van der Waals surface area contributed by atoms with Crippen LogP contribution >= 0.6 is 22.9 Å². The van der Waals surface area contributed by atoms with Gasteiger partial charge in [-0.05, 0) is 19.8 Å². The number of halogens is 1. The molecule has 0 amide bonds. The van der Waals surface area contributed by atoms with Crippen LogP contribution in [0.1, 0.15) is 54.9 Å². The number of alkyl halides is 1. The van der Waals surface area contributed by atoms with Crippen LogP contribution in [-0.2, 0) is 5.41 Å². The summed E-state index contributed by atoms with van der Waals surface area (Å²) in [5, 5.41) is 10.5. The van der Waals surface area contributed by atoms with E-state index in [4.69, 9.17) is 11.6 Å². The highest BCUT2D eigenvalue weighted by atomic mass is 35.5. The first-order valence-corrected chi connectivity index (χ1v) is 6.35. The number of hydrogen-bond donors (Lipinski definition) is 0. The Morgan fingerprint density at radius 2 is 2.00 bits per heavy atom. The third-order valence-electron chi connectivity index (χ3n) is 3.00. The molecule has 1 saturated carbocycles. The van der Waals surface area contributed by atoms with Crippen LogP contribution < -0.4 is 0 Å². The summed E-state index contributed by atoms with van der Waals surface area (Å²) >= 11 is 7.66. The topological polar surface area (TPSA) is 25.8 Å². The van der Waals surface area contributed by atoms with Crippen molar-refractivity contribution >= 4 is 22.9 Å². The molecule has 1 aliphatic rings. The van der Waals surface area contributed by atoms with E-state index in [0.717, 1.165) is 5.01 Å². The van der Waals surface area contributed by atoms with Gasteiger partial charge in [0.2, 0.25) is 0 Å². The number of nitrogens with zero attached hydrogens (tertiary/aromatic N) is 2. The van der Waals surface area contributed by atoms with Crippen LogP contribution in [0.3, 0.4) is 0 Å². The van der Waals surface area contributed by atoms with Crippen molar-refractivity contribution in [2.45, 2.75) is 50.3 Å². The van der Waals surface area contributed by atoms with Crippen molar-refractivity contribution in [2.75, 3.05) is 0 Å². The van der Waals surface area contributed by atoms with E-state index >= 15 is 0 Å². The van der Waals surface area contributed by atoms with Crippen molar-refractivity contribution < 1.29 is 0 Å². The van der Waals surface area contributed by atoms with Gasteiger partial charge in [-0.25, -0.2) is 0 Å². The summed E-state index contributed by atoms with van der Waals surface area (Å²) < 4.78 is 0. The lowest BCUT2D eigenvalue weighted by molar-refractivity contribution is 0.484. The standard InChI is InChI=1S/C10H15ClN2S/c1-7(11)8-12-13-9(14-8)10(2)5-3-4-6-10/h7H,3-6H2,1-2H3. The molecule has 1 atom stereocenters. The van der Waals surface area contributed by atoms with Crippen molar-refractivity contribution in [1.29, 1.82) is 0 Å². The lowest BCUT2D eigenvalue weighted by atomic mass is 9.90. The summed E-state index contributed by atoms with van der Waals surface area (Å²) in [5.74, 6) is 0. The minimum atomic E-state index is -0.00810. The maximum atomic E-state index is 5.98. The fraction of sp³-hybridized carbons (Fsp3) is 0.800. The van der Waals surface area contributed by atoms with Gasteiger partial charge in [0, 0.05) is 5.41 Å². The molecule has 1 fully saturated rings. The Balaban J connectivity index is 2.23. The highest BCUT2D eigenvalue weighted by Crippen LogP contribution is 2.42. The van der Waals surface area contributed by atoms with Crippen molar-refractivity contribution in [3.05, 3.63) is 10.0 Å². The smallest absolute Gasteiger partial charge is 0.135 e. The van der Waals surface area contributed by atoms with Crippen LogP contribution in [0.5, 0.6) is 0 Å². The number of aromatic nitrogens is 2. The molecule has 1 unspecified atom stereocenters. The quantitative estimate of drug-likeness (QED) is 0.725. The second kappa shape index (κ2) is 3.78. The average Bonchev–Trinajstić information content (AvgIpc) is 2.71. The lowest BCUT2D eigenvalue weighted by Crippen LogP contribution is -2.16. The Bertz CT molecular complexity index is 316. The van der Waals surface area contributed by atoms with Crippen LogP contribution in [0.15, 0.2) is 0 Å².